The molecule has 3 aliphatic carbocycles. The largest absolute Gasteiger partial charge is 0.452 e. The number of hydrogen-bond donors (Lipinski definition) is 1. The van der Waals surface area contributed by atoms with E-state index in [9.17, 15) is 29.3 Å². The summed E-state index contributed by atoms with van der Waals surface area (Å²) in [5.74, 6) is -3.75. The van der Waals surface area contributed by atoms with Crippen molar-refractivity contribution in [1.82, 2.24) is 0 Å². The molecule has 0 radical (unpaired) electrons. The van der Waals surface area contributed by atoms with Crippen molar-refractivity contribution in [2.75, 3.05) is 16.8 Å². The third-order valence-electron chi connectivity index (χ3n) is 8.81. The number of ether oxygens (including phenoxy) is 1. The topological polar surface area (TPSA) is 136 Å². The van der Waals surface area contributed by atoms with E-state index in [1.165, 1.54) is 35.2 Å². The summed E-state index contributed by atoms with van der Waals surface area (Å²) in [7, 11) is 0. The van der Waals surface area contributed by atoms with E-state index in [1.54, 1.807) is 19.1 Å². The number of nitrogens with zero attached hydrogens (tertiary/aromatic N) is 2. The van der Waals surface area contributed by atoms with Gasteiger partial charge in [0.2, 0.25) is 11.8 Å². The molecule has 4 aliphatic rings. The fraction of sp³-hybridized carbons (Fsp3) is 0.176. The van der Waals surface area contributed by atoms with Crippen LogP contribution in [-0.2, 0) is 19.1 Å². The smallest absolute Gasteiger partial charge is 0.338 e. The van der Waals surface area contributed by atoms with Crippen molar-refractivity contribution in [3.63, 3.8) is 0 Å². The standard InChI is InChI=1S/C34H25N3O7/c1-18-13-14-20(16-26(18)37(42)43)35-27(38)17-44-34(41)19-7-6-8-21(15-19)36-32(39)30-28-22-9-2-3-10-23(22)29(31(30)33(36)40)25-12-5-4-11-24(25)28/h2-16,28-31H,17H2,1H3,(H,35,38)/t28?,29?,30-,31-/m0/s1. The highest BCUT2D eigenvalue weighted by Gasteiger charge is 2.61. The van der Waals surface area contributed by atoms with Gasteiger partial charge in [0, 0.05) is 29.2 Å². The third kappa shape index (κ3) is 4.17. The van der Waals surface area contributed by atoms with Crippen LogP contribution in [0.5, 0.6) is 0 Å². The molecule has 10 nitrogen and oxygen atoms in total. The first-order valence-corrected chi connectivity index (χ1v) is 14.1. The van der Waals surface area contributed by atoms with Gasteiger partial charge in [0.05, 0.1) is 28.0 Å². The third-order valence-corrected chi connectivity index (χ3v) is 8.81. The monoisotopic (exact) mass is 587 g/mol. The van der Waals surface area contributed by atoms with Crippen molar-refractivity contribution >= 4 is 40.8 Å². The number of anilines is 2. The normalized spacial score (nSPS) is 20.9. The van der Waals surface area contributed by atoms with Gasteiger partial charge in [0.25, 0.3) is 11.6 Å². The molecule has 0 unspecified atom stereocenters. The van der Waals surface area contributed by atoms with Crippen LogP contribution in [0.1, 0.15) is 50.0 Å². The molecular formula is C34H25N3O7. The summed E-state index contributed by atoms with van der Waals surface area (Å²) in [5, 5.41) is 13.7. The Balaban J connectivity index is 1.10. The molecule has 10 heteroatoms. The van der Waals surface area contributed by atoms with Gasteiger partial charge >= 0.3 is 5.97 Å². The van der Waals surface area contributed by atoms with Gasteiger partial charge in [-0.15, -0.1) is 0 Å². The second-order valence-electron chi connectivity index (χ2n) is 11.2. The summed E-state index contributed by atoms with van der Waals surface area (Å²) in [6, 6.07) is 26.2. The highest BCUT2D eigenvalue weighted by Crippen LogP contribution is 2.61. The Kier molecular flexibility index (Phi) is 6.35. The molecule has 2 atom stereocenters. The summed E-state index contributed by atoms with van der Waals surface area (Å²) < 4.78 is 5.18. The summed E-state index contributed by atoms with van der Waals surface area (Å²) in [6.45, 7) is 0.940. The zero-order valence-corrected chi connectivity index (χ0v) is 23.4. The molecule has 4 aromatic rings. The average molecular weight is 588 g/mol. The van der Waals surface area contributed by atoms with E-state index >= 15 is 0 Å². The van der Waals surface area contributed by atoms with Crippen LogP contribution in [0.2, 0.25) is 0 Å². The van der Waals surface area contributed by atoms with Crippen LogP contribution in [-0.4, -0.2) is 35.2 Å². The number of imide groups is 1. The Bertz CT molecular complexity index is 1800. The van der Waals surface area contributed by atoms with E-state index in [0.29, 0.717) is 5.56 Å². The lowest BCUT2D eigenvalue weighted by Gasteiger charge is -2.45. The molecule has 1 heterocycles. The number of nitro benzene ring substituents is 1. The molecule has 0 spiro atoms. The van der Waals surface area contributed by atoms with Crippen molar-refractivity contribution in [2.45, 2.75) is 18.8 Å². The van der Waals surface area contributed by atoms with E-state index in [1.807, 2.05) is 48.5 Å². The van der Waals surface area contributed by atoms with Gasteiger partial charge in [0.15, 0.2) is 6.61 Å². The summed E-state index contributed by atoms with van der Waals surface area (Å²) in [5.41, 5.74) is 5.06. The minimum absolute atomic E-state index is 0.0614. The van der Waals surface area contributed by atoms with Crippen molar-refractivity contribution in [3.05, 3.63) is 134 Å². The quantitative estimate of drug-likeness (QED) is 0.144. The number of aryl methyl sites for hydroxylation is 1. The Morgan fingerprint density at radius 1 is 0.818 bits per heavy atom. The van der Waals surface area contributed by atoms with E-state index < -0.39 is 35.2 Å². The van der Waals surface area contributed by atoms with Gasteiger partial charge in [-0.1, -0.05) is 60.7 Å². The van der Waals surface area contributed by atoms with Gasteiger partial charge in [0.1, 0.15) is 0 Å². The first-order valence-electron chi connectivity index (χ1n) is 14.1. The molecule has 2 bridgehead atoms. The predicted octanol–water partition coefficient (Wildman–Crippen LogP) is 5.10. The van der Waals surface area contributed by atoms with Crippen molar-refractivity contribution < 1.29 is 28.8 Å². The molecule has 1 saturated heterocycles. The zero-order chi connectivity index (χ0) is 30.7. The van der Waals surface area contributed by atoms with Gasteiger partial charge in [-0.05, 0) is 53.4 Å². The number of hydrogen-bond acceptors (Lipinski definition) is 7. The lowest BCUT2D eigenvalue weighted by Crippen LogP contribution is -2.41. The van der Waals surface area contributed by atoms with Crippen LogP contribution in [0, 0.1) is 28.9 Å². The second-order valence-corrected chi connectivity index (χ2v) is 11.2. The molecule has 1 aliphatic heterocycles. The number of carbonyl (C=O) groups is 4. The molecule has 0 aromatic heterocycles. The van der Waals surface area contributed by atoms with E-state index in [2.05, 4.69) is 5.32 Å². The zero-order valence-electron chi connectivity index (χ0n) is 23.4. The lowest BCUT2D eigenvalue weighted by molar-refractivity contribution is -0.385. The summed E-state index contributed by atoms with van der Waals surface area (Å²) in [4.78, 5) is 65.2. The van der Waals surface area contributed by atoms with Crippen LogP contribution < -0.4 is 10.2 Å². The number of nitro groups is 1. The number of carbonyl (C=O) groups excluding carboxylic acids is 4. The number of benzene rings is 4. The summed E-state index contributed by atoms with van der Waals surface area (Å²) in [6.07, 6.45) is 0. The van der Waals surface area contributed by atoms with Gasteiger partial charge in [-0.3, -0.25) is 24.5 Å². The Morgan fingerprint density at radius 2 is 1.39 bits per heavy atom. The van der Waals surface area contributed by atoms with Crippen molar-refractivity contribution in [1.29, 1.82) is 0 Å². The molecule has 8 rings (SSSR count). The van der Waals surface area contributed by atoms with Crippen LogP contribution >= 0.6 is 0 Å². The van der Waals surface area contributed by atoms with Gasteiger partial charge in [-0.25, -0.2) is 9.69 Å². The SMILES string of the molecule is Cc1ccc(NC(=O)COC(=O)c2cccc(N3C(=O)[C@H]4C5c6ccccc6C(c6ccccc65)[C@@H]4C3=O)c2)cc1[N+](=O)[O-]. The van der Waals surface area contributed by atoms with Crippen LogP contribution in [0.3, 0.4) is 0 Å². The Morgan fingerprint density at radius 3 is 1.93 bits per heavy atom. The molecule has 0 saturated carbocycles. The van der Waals surface area contributed by atoms with Crippen LogP contribution in [0.15, 0.2) is 91.0 Å². The Hall–Kier alpha value is -5.64. The number of esters is 1. The van der Waals surface area contributed by atoms with Crippen LogP contribution in [0.4, 0.5) is 17.1 Å². The highest BCUT2D eigenvalue weighted by atomic mass is 16.6. The first kappa shape index (κ1) is 27.2. The maximum atomic E-state index is 14.0. The van der Waals surface area contributed by atoms with E-state index in [-0.39, 0.29) is 46.3 Å². The maximum absolute atomic E-state index is 14.0. The van der Waals surface area contributed by atoms with Crippen molar-refractivity contribution in [3.8, 4) is 0 Å². The molecule has 4 aromatic carbocycles. The lowest BCUT2D eigenvalue weighted by atomic mass is 9.55. The average Bonchev–Trinajstić information content (AvgIpc) is 3.30. The number of rotatable bonds is 6. The first-order chi connectivity index (χ1) is 21.2. The minimum Gasteiger partial charge on any atom is -0.452 e. The van der Waals surface area contributed by atoms with Crippen LogP contribution in [0.25, 0.3) is 0 Å². The van der Waals surface area contributed by atoms with Gasteiger partial charge in [-0.2, -0.15) is 0 Å². The van der Waals surface area contributed by atoms with E-state index in [4.69, 9.17) is 4.74 Å². The molecule has 1 N–H and O–H groups in total. The molecule has 3 amide bonds. The fourth-order valence-corrected chi connectivity index (χ4v) is 7.00. The number of amides is 3. The molecular weight excluding hydrogens is 562 g/mol. The minimum atomic E-state index is -0.826. The van der Waals surface area contributed by atoms with Crippen molar-refractivity contribution in [2.24, 2.45) is 11.8 Å². The second kappa shape index (κ2) is 10.3. The molecule has 44 heavy (non-hydrogen) atoms. The van der Waals surface area contributed by atoms with Gasteiger partial charge < -0.3 is 10.1 Å². The maximum Gasteiger partial charge on any atom is 0.338 e. The predicted molar refractivity (Wildman–Crippen MR) is 159 cm³/mol. The fourth-order valence-electron chi connectivity index (χ4n) is 7.00. The molecule has 218 valence electrons. The Labute approximate surface area is 251 Å². The van der Waals surface area contributed by atoms with E-state index in [0.717, 1.165) is 22.3 Å². The number of nitrogens with one attached hydrogen (secondary N) is 1. The molecule has 1 fully saturated rings. The highest BCUT2D eigenvalue weighted by molar-refractivity contribution is 6.23. The summed E-state index contributed by atoms with van der Waals surface area (Å²) >= 11 is 0.